The van der Waals surface area contributed by atoms with Gasteiger partial charge in [-0.05, 0) is 19.1 Å². The number of likely N-dealkylation sites (N-methyl/N-ethyl adjacent to an activating group) is 1. The number of piperazine rings is 1. The van der Waals surface area contributed by atoms with Gasteiger partial charge in [0.05, 0.1) is 13.6 Å². The third-order valence-corrected chi connectivity index (χ3v) is 5.22. The summed E-state index contributed by atoms with van der Waals surface area (Å²) in [4.78, 5) is 15.4. The molecule has 0 unspecified atom stereocenters. The van der Waals surface area contributed by atoms with Crippen LogP contribution in [-0.2, 0) is 0 Å². The monoisotopic (exact) mass is 354 g/mol. The third kappa shape index (κ3) is 5.07. The van der Waals surface area contributed by atoms with E-state index in [1.54, 1.807) is 9.80 Å². The Bertz CT molecular complexity index is 694. The van der Waals surface area contributed by atoms with E-state index in [1.807, 2.05) is 30.3 Å². The number of amides is 2. The minimum Gasteiger partial charge on any atom is -0.332 e. The van der Waals surface area contributed by atoms with Crippen molar-refractivity contribution in [2.45, 2.75) is 13.0 Å². The van der Waals surface area contributed by atoms with Crippen LogP contribution >= 0.6 is 0 Å². The van der Waals surface area contributed by atoms with Crippen molar-refractivity contribution in [3.05, 3.63) is 65.7 Å². The summed E-state index contributed by atoms with van der Waals surface area (Å²) in [6, 6.07) is 18.4. The zero-order valence-electron chi connectivity index (χ0n) is 15.7. The lowest BCUT2D eigenvalue weighted by Gasteiger charge is -2.33. The Kier molecular flexibility index (Phi) is 6.26. The first-order valence-electron chi connectivity index (χ1n) is 9.44. The minimum atomic E-state index is -0.146. The van der Waals surface area contributed by atoms with Crippen molar-refractivity contribution < 1.29 is 14.6 Å². The molecule has 0 spiro atoms. The average Bonchev–Trinajstić information content (AvgIpc) is 2.65. The molecule has 2 amide bonds. The van der Waals surface area contributed by atoms with Crippen molar-refractivity contribution in [3.63, 3.8) is 0 Å². The second-order valence-electron chi connectivity index (χ2n) is 7.28. The van der Waals surface area contributed by atoms with E-state index in [0.717, 1.165) is 18.8 Å². The standard InChI is InChI=1S/C21H28N4O/c1-17-8-10-18(11-9-17)20(25-14-12-24(2)13-15-25)16-22-21(26)23-19-6-4-3-5-7-19/h3-11,20H,12-16H2,1-2H3,(H2,22,23,26)/p+2/t20-/m1/s1. The lowest BCUT2D eigenvalue weighted by atomic mass is 10.0. The van der Waals surface area contributed by atoms with Gasteiger partial charge in [0.2, 0.25) is 0 Å². The van der Waals surface area contributed by atoms with Crippen LogP contribution in [0.4, 0.5) is 10.5 Å². The maximum absolute atomic E-state index is 12.3. The Hall–Kier alpha value is -2.37. The average molecular weight is 354 g/mol. The number of quaternary nitrogens is 2. The van der Waals surface area contributed by atoms with Gasteiger partial charge in [-0.25, -0.2) is 4.79 Å². The number of benzene rings is 2. The summed E-state index contributed by atoms with van der Waals surface area (Å²) in [6.45, 7) is 7.35. The Balaban J connectivity index is 1.65. The molecule has 2 aromatic rings. The van der Waals surface area contributed by atoms with Crippen LogP contribution in [0.5, 0.6) is 0 Å². The van der Waals surface area contributed by atoms with Crippen molar-refractivity contribution in [2.24, 2.45) is 0 Å². The van der Waals surface area contributed by atoms with Gasteiger partial charge in [-0.1, -0.05) is 48.0 Å². The van der Waals surface area contributed by atoms with E-state index >= 15 is 0 Å². The highest BCUT2D eigenvalue weighted by Gasteiger charge is 2.29. The number of para-hydroxylation sites is 1. The first-order valence-corrected chi connectivity index (χ1v) is 9.44. The van der Waals surface area contributed by atoms with Crippen LogP contribution in [0.1, 0.15) is 17.2 Å². The molecule has 0 saturated carbocycles. The van der Waals surface area contributed by atoms with Crippen LogP contribution in [0.25, 0.3) is 0 Å². The molecule has 26 heavy (non-hydrogen) atoms. The fraction of sp³-hybridized carbons (Fsp3) is 0.381. The molecule has 1 aliphatic rings. The summed E-state index contributed by atoms with van der Waals surface area (Å²) in [7, 11) is 2.25. The highest BCUT2D eigenvalue weighted by Crippen LogP contribution is 2.11. The second-order valence-corrected chi connectivity index (χ2v) is 7.28. The van der Waals surface area contributed by atoms with Crippen LogP contribution < -0.4 is 20.4 Å². The Morgan fingerprint density at radius 1 is 1.00 bits per heavy atom. The third-order valence-electron chi connectivity index (χ3n) is 5.22. The van der Waals surface area contributed by atoms with Crippen molar-refractivity contribution >= 4 is 11.7 Å². The molecule has 1 saturated heterocycles. The van der Waals surface area contributed by atoms with Crippen LogP contribution in [0.3, 0.4) is 0 Å². The second kappa shape index (κ2) is 8.83. The number of rotatable bonds is 5. The molecule has 0 radical (unpaired) electrons. The molecule has 1 atom stereocenters. The zero-order chi connectivity index (χ0) is 18.4. The molecule has 138 valence electrons. The number of aryl methyl sites for hydroxylation is 1. The van der Waals surface area contributed by atoms with E-state index in [0.29, 0.717) is 6.54 Å². The fourth-order valence-corrected chi connectivity index (χ4v) is 3.53. The molecular weight excluding hydrogens is 324 g/mol. The molecule has 1 aliphatic heterocycles. The number of carbonyl (C=O) groups excluding carboxylic acids is 1. The van der Waals surface area contributed by atoms with Crippen molar-refractivity contribution in [1.29, 1.82) is 0 Å². The maximum atomic E-state index is 12.3. The normalized spacial score (nSPS) is 21.0. The van der Waals surface area contributed by atoms with Crippen LogP contribution in [0.2, 0.25) is 0 Å². The van der Waals surface area contributed by atoms with Gasteiger partial charge in [0.15, 0.2) is 0 Å². The smallest absolute Gasteiger partial charge is 0.319 e. The van der Waals surface area contributed by atoms with E-state index in [4.69, 9.17) is 0 Å². The van der Waals surface area contributed by atoms with E-state index in [2.05, 4.69) is 48.9 Å². The summed E-state index contributed by atoms with van der Waals surface area (Å²) in [6.07, 6.45) is 0. The highest BCUT2D eigenvalue weighted by molar-refractivity contribution is 5.89. The fourth-order valence-electron chi connectivity index (χ4n) is 3.53. The topological polar surface area (TPSA) is 50.0 Å². The van der Waals surface area contributed by atoms with Gasteiger partial charge in [-0.2, -0.15) is 0 Å². The summed E-state index contributed by atoms with van der Waals surface area (Å²) in [5, 5.41) is 5.98. The Labute approximate surface area is 156 Å². The van der Waals surface area contributed by atoms with Crippen molar-refractivity contribution in [1.82, 2.24) is 5.32 Å². The molecule has 1 fully saturated rings. The van der Waals surface area contributed by atoms with Gasteiger partial charge in [-0.15, -0.1) is 0 Å². The van der Waals surface area contributed by atoms with Gasteiger partial charge in [-0.3, -0.25) is 0 Å². The summed E-state index contributed by atoms with van der Waals surface area (Å²) in [5.41, 5.74) is 3.37. The zero-order valence-corrected chi connectivity index (χ0v) is 15.7. The lowest BCUT2D eigenvalue weighted by Crippen LogP contribution is -3.27. The number of anilines is 1. The number of urea groups is 1. The molecule has 4 N–H and O–H groups in total. The summed E-state index contributed by atoms with van der Waals surface area (Å²) in [5.74, 6) is 0. The molecule has 3 rings (SSSR count). The molecule has 0 aliphatic carbocycles. The van der Waals surface area contributed by atoms with E-state index in [1.165, 1.54) is 24.2 Å². The first kappa shape index (κ1) is 18.4. The van der Waals surface area contributed by atoms with E-state index < -0.39 is 0 Å². The predicted molar refractivity (Wildman–Crippen MR) is 105 cm³/mol. The number of carbonyl (C=O) groups is 1. The predicted octanol–water partition coefficient (Wildman–Crippen LogP) is 0.271. The molecule has 1 heterocycles. The van der Waals surface area contributed by atoms with Crippen LogP contribution in [-0.4, -0.2) is 45.8 Å². The Morgan fingerprint density at radius 2 is 1.65 bits per heavy atom. The molecule has 2 aromatic carbocycles. The largest absolute Gasteiger partial charge is 0.332 e. The van der Waals surface area contributed by atoms with Gasteiger partial charge in [0, 0.05) is 11.3 Å². The van der Waals surface area contributed by atoms with Crippen molar-refractivity contribution in [3.8, 4) is 0 Å². The maximum Gasteiger partial charge on any atom is 0.319 e. The quantitative estimate of drug-likeness (QED) is 0.612. The van der Waals surface area contributed by atoms with Crippen LogP contribution in [0, 0.1) is 6.92 Å². The lowest BCUT2D eigenvalue weighted by molar-refractivity contribution is -1.02. The SMILES string of the molecule is Cc1ccc([C@@H](CNC(=O)Nc2ccccc2)[NH+]2CC[NH+](C)CC2)cc1. The molecule has 0 aromatic heterocycles. The van der Waals surface area contributed by atoms with Crippen molar-refractivity contribution in [2.75, 3.05) is 45.1 Å². The van der Waals surface area contributed by atoms with E-state index in [-0.39, 0.29) is 12.1 Å². The number of hydrogen-bond donors (Lipinski definition) is 4. The summed E-state index contributed by atoms with van der Waals surface area (Å²) >= 11 is 0. The van der Waals surface area contributed by atoms with Crippen LogP contribution in [0.15, 0.2) is 54.6 Å². The Morgan fingerprint density at radius 3 is 2.31 bits per heavy atom. The molecular formula is C21H30N4O+2. The highest BCUT2D eigenvalue weighted by atomic mass is 16.2. The first-order chi connectivity index (χ1) is 12.6. The number of nitrogens with one attached hydrogen (secondary N) is 4. The van der Waals surface area contributed by atoms with E-state index in [9.17, 15) is 4.79 Å². The molecule has 5 heteroatoms. The minimum absolute atomic E-state index is 0.146. The molecule has 0 bridgehead atoms. The van der Waals surface area contributed by atoms with Gasteiger partial charge < -0.3 is 20.4 Å². The van der Waals surface area contributed by atoms with Gasteiger partial charge in [0.25, 0.3) is 0 Å². The molecule has 5 nitrogen and oxygen atoms in total. The number of hydrogen-bond acceptors (Lipinski definition) is 1. The van der Waals surface area contributed by atoms with Gasteiger partial charge in [0.1, 0.15) is 32.2 Å². The summed E-state index contributed by atoms with van der Waals surface area (Å²) < 4.78 is 0. The van der Waals surface area contributed by atoms with Gasteiger partial charge >= 0.3 is 6.03 Å².